The van der Waals surface area contributed by atoms with Crippen LogP contribution in [0.2, 0.25) is 0 Å². The minimum absolute atomic E-state index is 0.0378. The predicted molar refractivity (Wildman–Crippen MR) is 57.4 cm³/mol. The van der Waals surface area contributed by atoms with E-state index in [0.29, 0.717) is 25.0 Å². The fourth-order valence-electron chi connectivity index (χ4n) is 1.81. The third kappa shape index (κ3) is 4.62. The zero-order valence-electron chi connectivity index (χ0n) is 9.53. The van der Waals surface area contributed by atoms with Crippen LogP contribution in [0.5, 0.6) is 0 Å². The van der Waals surface area contributed by atoms with Gasteiger partial charge in [0, 0.05) is 19.6 Å². The molecule has 0 aliphatic heterocycles. The zero-order chi connectivity index (χ0) is 11.3. The molecule has 4 heteroatoms. The van der Waals surface area contributed by atoms with Crippen LogP contribution in [0.15, 0.2) is 0 Å². The molecule has 0 heterocycles. The van der Waals surface area contributed by atoms with Gasteiger partial charge in [-0.2, -0.15) is 0 Å². The Labute approximate surface area is 91.0 Å². The first-order valence-corrected chi connectivity index (χ1v) is 5.68. The van der Waals surface area contributed by atoms with Crippen molar-refractivity contribution in [2.75, 3.05) is 13.2 Å². The summed E-state index contributed by atoms with van der Waals surface area (Å²) in [5, 5.41) is 11.7. The molecule has 1 saturated carbocycles. The number of rotatable bonds is 6. The van der Waals surface area contributed by atoms with E-state index in [1.165, 1.54) is 0 Å². The van der Waals surface area contributed by atoms with Crippen molar-refractivity contribution in [1.29, 1.82) is 0 Å². The molecule has 1 aliphatic rings. The first-order chi connectivity index (χ1) is 7.11. The molecule has 0 saturated heterocycles. The second kappa shape index (κ2) is 6.08. The molecule has 15 heavy (non-hydrogen) atoms. The van der Waals surface area contributed by atoms with Crippen molar-refractivity contribution in [2.45, 2.75) is 45.3 Å². The number of amides is 1. The molecule has 1 atom stereocenters. The topological polar surface area (TPSA) is 58.6 Å². The maximum Gasteiger partial charge on any atom is 0.220 e. The van der Waals surface area contributed by atoms with Gasteiger partial charge in [0.2, 0.25) is 5.91 Å². The fraction of sp³-hybridized carbons (Fsp3) is 0.909. The lowest BCUT2D eigenvalue weighted by molar-refractivity contribution is -0.124. The smallest absolute Gasteiger partial charge is 0.220 e. The lowest BCUT2D eigenvalue weighted by Crippen LogP contribution is -2.37. The monoisotopic (exact) mass is 215 g/mol. The molecule has 0 aromatic carbocycles. The maximum atomic E-state index is 11.4. The van der Waals surface area contributed by atoms with Gasteiger partial charge in [0.15, 0.2) is 0 Å². The van der Waals surface area contributed by atoms with E-state index in [9.17, 15) is 4.79 Å². The Bertz CT molecular complexity index is 200. The molecule has 1 unspecified atom stereocenters. The highest BCUT2D eigenvalue weighted by molar-refractivity contribution is 5.76. The third-order valence-electron chi connectivity index (χ3n) is 2.66. The summed E-state index contributed by atoms with van der Waals surface area (Å²) in [6, 6.07) is 0. The molecule has 1 fully saturated rings. The van der Waals surface area contributed by atoms with E-state index >= 15 is 0 Å². The van der Waals surface area contributed by atoms with Gasteiger partial charge in [-0.25, -0.2) is 0 Å². The zero-order valence-corrected chi connectivity index (χ0v) is 9.53. The Hall–Kier alpha value is -0.610. The van der Waals surface area contributed by atoms with E-state index in [4.69, 9.17) is 9.84 Å². The number of hydrogen-bond acceptors (Lipinski definition) is 3. The van der Waals surface area contributed by atoms with Gasteiger partial charge < -0.3 is 15.2 Å². The Balaban J connectivity index is 2.03. The minimum Gasteiger partial charge on any atom is -0.392 e. The van der Waals surface area contributed by atoms with Gasteiger partial charge in [-0.1, -0.05) is 0 Å². The first-order valence-electron chi connectivity index (χ1n) is 5.68. The van der Waals surface area contributed by atoms with Gasteiger partial charge in [0.05, 0.1) is 12.2 Å². The van der Waals surface area contributed by atoms with Crippen LogP contribution in [0, 0.1) is 5.92 Å². The van der Waals surface area contributed by atoms with E-state index in [1.807, 2.05) is 6.92 Å². The van der Waals surface area contributed by atoms with Gasteiger partial charge >= 0.3 is 0 Å². The van der Waals surface area contributed by atoms with E-state index in [1.54, 1.807) is 6.92 Å². The molecule has 1 rings (SSSR count). The summed E-state index contributed by atoms with van der Waals surface area (Å²) in [5.74, 6) is 0.506. The summed E-state index contributed by atoms with van der Waals surface area (Å²) in [4.78, 5) is 11.4. The molecule has 2 N–H and O–H groups in total. The Morgan fingerprint density at radius 2 is 2.27 bits per heavy atom. The van der Waals surface area contributed by atoms with Crippen LogP contribution < -0.4 is 5.32 Å². The number of carbonyl (C=O) groups excluding carboxylic acids is 1. The number of aliphatic hydroxyl groups is 1. The average molecular weight is 215 g/mol. The molecule has 1 aliphatic carbocycles. The molecule has 88 valence electrons. The number of aliphatic hydroxyl groups excluding tert-OH is 1. The normalized spacial score (nSPS) is 26.9. The van der Waals surface area contributed by atoms with Gasteiger partial charge in [-0.3, -0.25) is 4.79 Å². The van der Waals surface area contributed by atoms with Gasteiger partial charge in [-0.05, 0) is 32.6 Å². The van der Waals surface area contributed by atoms with Crippen LogP contribution in [0.4, 0.5) is 0 Å². The molecule has 0 aromatic rings. The first kappa shape index (κ1) is 12.5. The predicted octanol–water partition coefficient (Wildman–Crippen LogP) is 0.689. The lowest BCUT2D eigenvalue weighted by atomic mass is 9.80. The Morgan fingerprint density at radius 3 is 2.80 bits per heavy atom. The van der Waals surface area contributed by atoms with Crippen LogP contribution in [0.25, 0.3) is 0 Å². The van der Waals surface area contributed by atoms with Crippen LogP contribution in [0.3, 0.4) is 0 Å². The highest BCUT2D eigenvalue weighted by atomic mass is 16.5. The number of ether oxygens (including phenoxy) is 1. The van der Waals surface area contributed by atoms with E-state index in [0.717, 1.165) is 19.4 Å². The Kier molecular flexibility index (Phi) is 5.05. The van der Waals surface area contributed by atoms with Crippen molar-refractivity contribution in [2.24, 2.45) is 5.92 Å². The summed E-state index contributed by atoms with van der Waals surface area (Å²) < 4.78 is 5.42. The van der Waals surface area contributed by atoms with Gasteiger partial charge in [0.1, 0.15) is 0 Å². The van der Waals surface area contributed by atoms with Crippen LogP contribution >= 0.6 is 0 Å². The second-order valence-corrected chi connectivity index (χ2v) is 4.27. The number of hydrogen-bond donors (Lipinski definition) is 2. The van der Waals surface area contributed by atoms with E-state index < -0.39 is 6.10 Å². The third-order valence-corrected chi connectivity index (χ3v) is 2.66. The molecule has 4 nitrogen and oxygen atoms in total. The molecular weight excluding hydrogens is 194 g/mol. The summed E-state index contributed by atoms with van der Waals surface area (Å²) in [6.45, 7) is 4.75. The SMILES string of the molecule is CCOC1CC(CC(=O)NCC(C)O)C1. The summed E-state index contributed by atoms with van der Waals surface area (Å²) >= 11 is 0. The molecular formula is C11H21NO3. The number of carbonyl (C=O) groups is 1. The summed E-state index contributed by atoms with van der Waals surface area (Å²) in [6.07, 6.45) is 2.46. The van der Waals surface area contributed by atoms with Gasteiger partial charge in [0.25, 0.3) is 0 Å². The van der Waals surface area contributed by atoms with E-state index in [2.05, 4.69) is 5.32 Å². The van der Waals surface area contributed by atoms with Gasteiger partial charge in [-0.15, -0.1) is 0 Å². The average Bonchev–Trinajstić information content (AvgIpc) is 2.11. The van der Waals surface area contributed by atoms with E-state index in [-0.39, 0.29) is 5.91 Å². The number of nitrogens with one attached hydrogen (secondary N) is 1. The van der Waals surface area contributed by atoms with Crippen LogP contribution in [-0.2, 0) is 9.53 Å². The highest BCUT2D eigenvalue weighted by Crippen LogP contribution is 2.32. The van der Waals surface area contributed by atoms with Crippen molar-refractivity contribution >= 4 is 5.91 Å². The Morgan fingerprint density at radius 1 is 1.60 bits per heavy atom. The fourth-order valence-corrected chi connectivity index (χ4v) is 1.81. The quantitative estimate of drug-likeness (QED) is 0.685. The molecule has 0 radical (unpaired) electrons. The molecule has 0 bridgehead atoms. The molecule has 0 aromatic heterocycles. The second-order valence-electron chi connectivity index (χ2n) is 4.27. The van der Waals surface area contributed by atoms with Crippen molar-refractivity contribution in [1.82, 2.24) is 5.32 Å². The molecule has 1 amide bonds. The minimum atomic E-state index is -0.466. The largest absolute Gasteiger partial charge is 0.392 e. The highest BCUT2D eigenvalue weighted by Gasteiger charge is 2.30. The summed E-state index contributed by atoms with van der Waals surface area (Å²) in [5.41, 5.74) is 0. The van der Waals surface area contributed by atoms with Crippen molar-refractivity contribution < 1.29 is 14.6 Å². The van der Waals surface area contributed by atoms with Crippen molar-refractivity contribution in [3.05, 3.63) is 0 Å². The van der Waals surface area contributed by atoms with Crippen molar-refractivity contribution in [3.8, 4) is 0 Å². The summed E-state index contributed by atoms with van der Waals surface area (Å²) in [7, 11) is 0. The standard InChI is InChI=1S/C11H21NO3/c1-3-15-10-4-9(5-10)6-11(14)12-7-8(2)13/h8-10,13H,3-7H2,1-2H3,(H,12,14). The lowest BCUT2D eigenvalue weighted by Gasteiger charge is -2.34. The van der Waals surface area contributed by atoms with Crippen molar-refractivity contribution in [3.63, 3.8) is 0 Å². The van der Waals surface area contributed by atoms with Crippen LogP contribution in [0.1, 0.15) is 33.1 Å². The maximum absolute atomic E-state index is 11.4. The van der Waals surface area contributed by atoms with Crippen LogP contribution in [-0.4, -0.2) is 36.4 Å². The molecule has 0 spiro atoms.